The maximum absolute atomic E-state index is 13.0. The molecule has 1 heterocycles. The molecule has 0 radical (unpaired) electrons. The lowest BCUT2D eigenvalue weighted by atomic mass is 10.2. The highest BCUT2D eigenvalue weighted by molar-refractivity contribution is 5.66. The Bertz CT molecular complexity index is 598. The number of hydrogen-bond donors (Lipinski definition) is 1. The van der Waals surface area contributed by atoms with E-state index in [1.165, 1.54) is 10.7 Å². The van der Waals surface area contributed by atoms with Crippen molar-refractivity contribution in [3.05, 3.63) is 47.3 Å². The summed E-state index contributed by atoms with van der Waals surface area (Å²) < 4.78 is 27.2. The predicted octanol–water partition coefficient (Wildman–Crippen LogP) is 1.62. The Balaban J connectivity index is 2.02. The molecule has 0 bridgehead atoms. The summed E-state index contributed by atoms with van der Waals surface area (Å²) >= 11 is 0. The zero-order chi connectivity index (χ0) is 13.8. The largest absolute Gasteiger partial charge is 0.481 e. The van der Waals surface area contributed by atoms with Crippen molar-refractivity contribution in [2.24, 2.45) is 0 Å². The quantitative estimate of drug-likeness (QED) is 0.893. The maximum atomic E-state index is 13.0. The fraction of sp³-hybridized carbons (Fsp3) is 0.250. The maximum Gasteiger partial charge on any atom is 0.303 e. The van der Waals surface area contributed by atoms with Crippen molar-refractivity contribution in [2.75, 3.05) is 0 Å². The molecule has 0 amide bonds. The van der Waals surface area contributed by atoms with E-state index in [1.807, 2.05) is 0 Å². The zero-order valence-electron chi connectivity index (χ0n) is 9.88. The van der Waals surface area contributed by atoms with Crippen LogP contribution >= 0.6 is 0 Å². The number of aryl methyl sites for hydroxylation is 1. The summed E-state index contributed by atoms with van der Waals surface area (Å²) in [5.74, 6) is -2.72. The number of nitrogens with zero attached hydrogens (tertiary/aromatic N) is 3. The third-order valence-electron chi connectivity index (χ3n) is 2.51. The molecule has 7 heteroatoms. The summed E-state index contributed by atoms with van der Waals surface area (Å²) in [4.78, 5) is 10.4. The zero-order valence-corrected chi connectivity index (χ0v) is 9.88. The van der Waals surface area contributed by atoms with Crippen molar-refractivity contribution in [1.82, 2.24) is 15.0 Å². The first-order valence-electron chi connectivity index (χ1n) is 5.59. The van der Waals surface area contributed by atoms with Crippen LogP contribution in [0.4, 0.5) is 8.78 Å². The molecule has 0 unspecified atom stereocenters. The van der Waals surface area contributed by atoms with E-state index in [1.54, 1.807) is 6.20 Å². The molecule has 0 aliphatic rings. The van der Waals surface area contributed by atoms with Crippen LogP contribution in [-0.2, 0) is 17.8 Å². The number of aliphatic carboxylic acids is 1. The normalized spacial score (nSPS) is 10.6. The summed E-state index contributed by atoms with van der Waals surface area (Å²) in [6, 6.07) is 3.60. The standard InChI is InChI=1S/C12H11F2N3O2/c13-10-3-1-8(5-11(10)14)6-17-7-9(15-16-17)2-4-12(18)19/h1,3,5,7H,2,4,6H2,(H,18,19). The molecular weight excluding hydrogens is 256 g/mol. The van der Waals surface area contributed by atoms with Crippen molar-refractivity contribution in [3.8, 4) is 0 Å². The van der Waals surface area contributed by atoms with Crippen molar-refractivity contribution < 1.29 is 18.7 Å². The molecule has 100 valence electrons. The van der Waals surface area contributed by atoms with Crippen molar-refractivity contribution in [2.45, 2.75) is 19.4 Å². The summed E-state index contributed by atoms with van der Waals surface area (Å²) in [6.07, 6.45) is 1.85. The van der Waals surface area contributed by atoms with Gasteiger partial charge in [-0.05, 0) is 17.7 Å². The fourth-order valence-corrected chi connectivity index (χ4v) is 1.59. The highest BCUT2D eigenvalue weighted by Crippen LogP contribution is 2.10. The molecular formula is C12H11F2N3O2. The molecule has 1 N–H and O–H groups in total. The first kappa shape index (κ1) is 13.1. The number of halogens is 2. The topological polar surface area (TPSA) is 68.0 Å². The van der Waals surface area contributed by atoms with Gasteiger partial charge in [0.15, 0.2) is 11.6 Å². The second kappa shape index (κ2) is 5.55. The van der Waals surface area contributed by atoms with Crippen LogP contribution in [0.5, 0.6) is 0 Å². The molecule has 0 aliphatic heterocycles. The molecule has 0 saturated heterocycles. The fourth-order valence-electron chi connectivity index (χ4n) is 1.59. The molecule has 19 heavy (non-hydrogen) atoms. The lowest BCUT2D eigenvalue weighted by Crippen LogP contribution is -2.01. The number of rotatable bonds is 5. The van der Waals surface area contributed by atoms with E-state index in [9.17, 15) is 13.6 Å². The molecule has 0 atom stereocenters. The summed E-state index contributed by atoms with van der Waals surface area (Å²) in [5.41, 5.74) is 1.10. The van der Waals surface area contributed by atoms with E-state index >= 15 is 0 Å². The molecule has 0 spiro atoms. The van der Waals surface area contributed by atoms with Crippen LogP contribution in [0.3, 0.4) is 0 Å². The van der Waals surface area contributed by atoms with Gasteiger partial charge >= 0.3 is 5.97 Å². The van der Waals surface area contributed by atoms with E-state index in [0.29, 0.717) is 11.3 Å². The third-order valence-corrected chi connectivity index (χ3v) is 2.51. The van der Waals surface area contributed by atoms with Crippen molar-refractivity contribution in [3.63, 3.8) is 0 Å². The van der Waals surface area contributed by atoms with Crippen molar-refractivity contribution >= 4 is 5.97 Å². The Morgan fingerprint density at radius 2 is 2.11 bits per heavy atom. The molecule has 2 rings (SSSR count). The second-order valence-electron chi connectivity index (χ2n) is 4.05. The van der Waals surface area contributed by atoms with Gasteiger partial charge in [-0.3, -0.25) is 4.79 Å². The highest BCUT2D eigenvalue weighted by atomic mass is 19.2. The Kier molecular flexibility index (Phi) is 3.84. The van der Waals surface area contributed by atoms with Crippen LogP contribution in [-0.4, -0.2) is 26.1 Å². The third kappa shape index (κ3) is 3.57. The SMILES string of the molecule is O=C(O)CCc1cn(Cc2ccc(F)c(F)c2)nn1. The summed E-state index contributed by atoms with van der Waals surface area (Å²) in [7, 11) is 0. The first-order valence-corrected chi connectivity index (χ1v) is 5.59. The highest BCUT2D eigenvalue weighted by Gasteiger charge is 2.06. The smallest absolute Gasteiger partial charge is 0.303 e. The van der Waals surface area contributed by atoms with Gasteiger partial charge in [0, 0.05) is 12.6 Å². The van der Waals surface area contributed by atoms with Crippen LogP contribution in [0.15, 0.2) is 24.4 Å². The number of benzene rings is 1. The Labute approximate surface area is 107 Å². The minimum Gasteiger partial charge on any atom is -0.481 e. The van der Waals surface area contributed by atoms with E-state index in [0.717, 1.165) is 12.1 Å². The van der Waals surface area contributed by atoms with Gasteiger partial charge in [0.25, 0.3) is 0 Å². The van der Waals surface area contributed by atoms with Gasteiger partial charge in [0.2, 0.25) is 0 Å². The average Bonchev–Trinajstić information content (AvgIpc) is 2.79. The minimum atomic E-state index is -0.913. The van der Waals surface area contributed by atoms with Gasteiger partial charge < -0.3 is 5.11 Å². The number of hydrogen-bond acceptors (Lipinski definition) is 3. The number of carboxylic acid groups (broad SMARTS) is 1. The Morgan fingerprint density at radius 3 is 2.79 bits per heavy atom. The van der Waals surface area contributed by atoms with Gasteiger partial charge in [-0.1, -0.05) is 11.3 Å². The van der Waals surface area contributed by atoms with Crippen LogP contribution < -0.4 is 0 Å². The van der Waals surface area contributed by atoms with Gasteiger partial charge in [0.05, 0.1) is 18.7 Å². The monoisotopic (exact) mass is 267 g/mol. The lowest BCUT2D eigenvalue weighted by Gasteiger charge is -2.01. The number of carbonyl (C=O) groups is 1. The Morgan fingerprint density at radius 1 is 1.32 bits per heavy atom. The number of carboxylic acids is 1. The molecule has 0 fully saturated rings. The van der Waals surface area contributed by atoms with E-state index < -0.39 is 17.6 Å². The Hall–Kier alpha value is -2.31. The van der Waals surface area contributed by atoms with E-state index in [2.05, 4.69) is 10.3 Å². The molecule has 5 nitrogen and oxygen atoms in total. The van der Waals surface area contributed by atoms with E-state index in [-0.39, 0.29) is 19.4 Å². The molecule has 1 aromatic carbocycles. The summed E-state index contributed by atoms with van der Waals surface area (Å²) in [5, 5.41) is 16.1. The number of aromatic nitrogens is 3. The van der Waals surface area contributed by atoms with Crippen LogP contribution in [0.1, 0.15) is 17.7 Å². The van der Waals surface area contributed by atoms with E-state index in [4.69, 9.17) is 5.11 Å². The van der Waals surface area contributed by atoms with Gasteiger partial charge in [-0.25, -0.2) is 13.5 Å². The molecule has 1 aromatic heterocycles. The van der Waals surface area contributed by atoms with Crippen molar-refractivity contribution in [1.29, 1.82) is 0 Å². The second-order valence-corrected chi connectivity index (χ2v) is 4.05. The lowest BCUT2D eigenvalue weighted by molar-refractivity contribution is -0.136. The van der Waals surface area contributed by atoms with Gasteiger partial charge in [-0.2, -0.15) is 0 Å². The van der Waals surface area contributed by atoms with Gasteiger partial charge in [-0.15, -0.1) is 5.10 Å². The molecule has 0 aliphatic carbocycles. The molecule has 0 saturated carbocycles. The average molecular weight is 267 g/mol. The minimum absolute atomic E-state index is 0.0239. The van der Waals surface area contributed by atoms with Gasteiger partial charge in [0.1, 0.15) is 0 Å². The predicted molar refractivity (Wildman–Crippen MR) is 61.4 cm³/mol. The van der Waals surface area contributed by atoms with Crippen LogP contribution in [0, 0.1) is 11.6 Å². The van der Waals surface area contributed by atoms with Crippen LogP contribution in [0.2, 0.25) is 0 Å². The molecule has 2 aromatic rings. The summed E-state index contributed by atoms with van der Waals surface area (Å²) in [6.45, 7) is 0.247. The first-order chi connectivity index (χ1) is 9.04. The van der Waals surface area contributed by atoms with Crippen LogP contribution in [0.25, 0.3) is 0 Å².